The van der Waals surface area contributed by atoms with Crippen LogP contribution in [0, 0.1) is 5.41 Å². The van der Waals surface area contributed by atoms with Crippen LogP contribution in [0.5, 0.6) is 5.75 Å². The molecule has 8 rings (SSSR count). The average Bonchev–Trinajstić information content (AvgIpc) is 3.82. The number of rotatable bonds is 9. The van der Waals surface area contributed by atoms with Crippen molar-refractivity contribution in [2.24, 2.45) is 5.41 Å². The van der Waals surface area contributed by atoms with Gasteiger partial charge >= 0.3 is 6.03 Å². The Hall–Kier alpha value is -4.76. The van der Waals surface area contributed by atoms with Gasteiger partial charge < -0.3 is 29.9 Å². The monoisotopic (exact) mass is 756 g/mol. The minimum Gasteiger partial charge on any atom is -0.497 e. The molecule has 294 valence electrons. The molecule has 1 saturated carbocycles. The summed E-state index contributed by atoms with van der Waals surface area (Å²) in [7, 11) is 1.61. The number of carbonyl (C=O) groups is 2. The molecule has 0 radical (unpaired) electrons. The normalized spacial score (nSPS) is 25.2. The number of anilines is 1. The Kier molecular flexibility index (Phi) is 12.1. The first-order chi connectivity index (χ1) is 27.0. The zero-order valence-electron chi connectivity index (χ0n) is 33.0. The standard InChI is InChI=1S/C48H56N2O6/c1-33-9-7-26-47(2)44(25-27-48(47,54)32-50(31-41-12-8-28-56-41)46(53)49-38-19-22-40(55-3)23-20-38)42-24-14-34(29-39(51)21-13-33)30-43(42)45(52)37-17-15-36(16-18-37)35-10-5-4-6-11-35/h4-6,9-11,14-20,22-24,30,39,41,44,51,54H,7-8,12-13,21,25-29,31-32H2,1-3H3,(H,49,53). The van der Waals surface area contributed by atoms with Crippen molar-refractivity contribution in [3.05, 3.63) is 131 Å². The SMILES string of the molecule is COc1ccc(NC(=O)N(CC2CCCO2)CC2(O)CCC3c4ccc(cc4C(=O)c4ccc(-c5ccccc5)cc4)CC(O)CCC(C)=CCCC32C)cc1. The minimum absolute atomic E-state index is 0.0737. The molecular weight excluding hydrogens is 701 g/mol. The molecule has 0 spiro atoms. The zero-order valence-corrected chi connectivity index (χ0v) is 33.0. The van der Waals surface area contributed by atoms with Crippen LogP contribution in [0.1, 0.15) is 98.2 Å². The van der Waals surface area contributed by atoms with Gasteiger partial charge in [0.1, 0.15) is 5.75 Å². The summed E-state index contributed by atoms with van der Waals surface area (Å²) in [6, 6.07) is 30.9. The summed E-state index contributed by atoms with van der Waals surface area (Å²) in [6.07, 6.45) is 7.74. The Morgan fingerprint density at radius 3 is 2.39 bits per heavy atom. The van der Waals surface area contributed by atoms with E-state index in [0.29, 0.717) is 67.8 Å². The predicted molar refractivity (Wildman–Crippen MR) is 221 cm³/mol. The molecule has 4 aliphatic rings. The quantitative estimate of drug-likeness (QED) is 0.116. The second-order valence-electron chi connectivity index (χ2n) is 16.4. The smallest absolute Gasteiger partial charge is 0.322 e. The third-order valence-corrected chi connectivity index (χ3v) is 12.7. The topological polar surface area (TPSA) is 108 Å². The highest BCUT2D eigenvalue weighted by Crippen LogP contribution is 2.59. The van der Waals surface area contributed by atoms with Crippen molar-refractivity contribution in [2.75, 3.05) is 32.1 Å². The van der Waals surface area contributed by atoms with Gasteiger partial charge in [-0.3, -0.25) is 4.79 Å². The van der Waals surface area contributed by atoms with Gasteiger partial charge in [0, 0.05) is 35.4 Å². The molecule has 56 heavy (non-hydrogen) atoms. The summed E-state index contributed by atoms with van der Waals surface area (Å²) in [5.41, 5.74) is 5.04. The van der Waals surface area contributed by atoms with Gasteiger partial charge in [-0.15, -0.1) is 0 Å². The van der Waals surface area contributed by atoms with Crippen LogP contribution >= 0.6 is 0 Å². The van der Waals surface area contributed by atoms with Gasteiger partial charge in [-0.2, -0.15) is 0 Å². The first kappa shape index (κ1) is 39.5. The van der Waals surface area contributed by atoms with E-state index in [4.69, 9.17) is 9.47 Å². The van der Waals surface area contributed by atoms with Crippen LogP contribution in [-0.4, -0.2) is 71.5 Å². The molecule has 8 heteroatoms. The van der Waals surface area contributed by atoms with Gasteiger partial charge in [0.25, 0.3) is 0 Å². The van der Waals surface area contributed by atoms with Crippen LogP contribution in [-0.2, 0) is 11.2 Å². The number of nitrogens with one attached hydrogen (secondary N) is 1. The second kappa shape index (κ2) is 17.2. The van der Waals surface area contributed by atoms with E-state index in [0.717, 1.165) is 47.9 Å². The largest absolute Gasteiger partial charge is 0.497 e. The molecule has 3 N–H and O–H groups in total. The number of fused-ring (bicyclic) bond motifs is 8. The molecule has 2 fully saturated rings. The molecule has 2 amide bonds. The Morgan fingerprint density at radius 2 is 1.68 bits per heavy atom. The molecule has 4 aromatic carbocycles. The van der Waals surface area contributed by atoms with Crippen LogP contribution in [0.2, 0.25) is 0 Å². The number of ether oxygens (including phenoxy) is 2. The molecule has 1 saturated heterocycles. The molecule has 1 aliphatic heterocycles. The number of hydrogen-bond acceptors (Lipinski definition) is 6. The summed E-state index contributed by atoms with van der Waals surface area (Å²) in [5, 5.41) is 27.2. The number of allylic oxidation sites excluding steroid dienone is 2. The van der Waals surface area contributed by atoms with Crippen molar-refractivity contribution in [3.63, 3.8) is 0 Å². The molecule has 0 aromatic heterocycles. The lowest BCUT2D eigenvalue weighted by Gasteiger charge is -2.46. The molecule has 4 aromatic rings. The molecule has 5 atom stereocenters. The summed E-state index contributed by atoms with van der Waals surface area (Å²) >= 11 is 0. The van der Waals surface area contributed by atoms with Gasteiger partial charge in [-0.05, 0) is 123 Å². The Labute approximate surface area is 331 Å². The van der Waals surface area contributed by atoms with Crippen LogP contribution in [0.4, 0.5) is 10.5 Å². The number of hydrogen-bond donors (Lipinski definition) is 3. The van der Waals surface area contributed by atoms with Crippen molar-refractivity contribution >= 4 is 17.5 Å². The van der Waals surface area contributed by atoms with Crippen LogP contribution in [0.25, 0.3) is 11.1 Å². The third kappa shape index (κ3) is 8.63. The maximum atomic E-state index is 14.7. The number of carbonyl (C=O) groups excluding carboxylic acids is 2. The van der Waals surface area contributed by atoms with E-state index in [1.54, 1.807) is 12.0 Å². The van der Waals surface area contributed by atoms with Crippen molar-refractivity contribution in [2.45, 2.75) is 95.4 Å². The fourth-order valence-corrected chi connectivity index (χ4v) is 9.24. The van der Waals surface area contributed by atoms with E-state index in [-0.39, 0.29) is 30.4 Å². The van der Waals surface area contributed by atoms with Gasteiger partial charge in [-0.1, -0.05) is 85.3 Å². The number of aliphatic hydroxyl groups is 2. The minimum atomic E-state index is -1.27. The lowest BCUT2D eigenvalue weighted by atomic mass is 9.64. The average molecular weight is 757 g/mol. The second-order valence-corrected chi connectivity index (χ2v) is 16.4. The van der Waals surface area contributed by atoms with Crippen molar-refractivity contribution in [3.8, 4) is 16.9 Å². The van der Waals surface area contributed by atoms with Crippen LogP contribution in [0.15, 0.2) is 109 Å². The molecule has 5 unspecified atom stereocenters. The molecule has 3 aliphatic carbocycles. The lowest BCUT2D eigenvalue weighted by molar-refractivity contribution is -0.0799. The van der Waals surface area contributed by atoms with E-state index in [1.807, 2.05) is 78.9 Å². The zero-order chi connectivity index (χ0) is 39.3. The number of aliphatic hydroxyl groups excluding tert-OH is 1. The van der Waals surface area contributed by atoms with Crippen molar-refractivity contribution < 1.29 is 29.3 Å². The van der Waals surface area contributed by atoms with E-state index >= 15 is 0 Å². The van der Waals surface area contributed by atoms with Crippen molar-refractivity contribution in [1.82, 2.24) is 4.90 Å². The van der Waals surface area contributed by atoms with E-state index in [1.165, 1.54) is 5.57 Å². The number of amides is 2. The van der Waals surface area contributed by atoms with Gasteiger partial charge in [0.15, 0.2) is 5.78 Å². The van der Waals surface area contributed by atoms with Gasteiger partial charge in [-0.25, -0.2) is 4.79 Å². The third-order valence-electron chi connectivity index (χ3n) is 12.7. The number of benzene rings is 4. The molecule has 2 bridgehead atoms. The highest BCUT2D eigenvalue weighted by atomic mass is 16.5. The maximum absolute atomic E-state index is 14.7. The van der Waals surface area contributed by atoms with Crippen molar-refractivity contribution in [1.29, 1.82) is 0 Å². The first-order valence-corrected chi connectivity index (χ1v) is 20.3. The van der Waals surface area contributed by atoms with E-state index < -0.39 is 17.1 Å². The van der Waals surface area contributed by atoms with Gasteiger partial charge in [0.2, 0.25) is 0 Å². The number of methoxy groups -OCH3 is 1. The highest BCUT2D eigenvalue weighted by Gasteiger charge is 2.58. The Balaban J connectivity index is 1.25. The van der Waals surface area contributed by atoms with E-state index in [2.05, 4.69) is 43.4 Å². The van der Waals surface area contributed by atoms with Gasteiger partial charge in [0.05, 0.1) is 31.5 Å². The summed E-state index contributed by atoms with van der Waals surface area (Å²) in [5.74, 6) is 0.457. The molecule has 8 nitrogen and oxygen atoms in total. The lowest BCUT2D eigenvalue weighted by Crippen LogP contribution is -2.55. The number of ketones is 1. The highest BCUT2D eigenvalue weighted by molar-refractivity contribution is 6.10. The Morgan fingerprint density at radius 1 is 0.929 bits per heavy atom. The van der Waals surface area contributed by atoms with Crippen LogP contribution < -0.4 is 10.1 Å². The number of urea groups is 1. The van der Waals surface area contributed by atoms with E-state index in [9.17, 15) is 19.8 Å². The summed E-state index contributed by atoms with van der Waals surface area (Å²) in [4.78, 5) is 30.6. The molecule has 1 heterocycles. The summed E-state index contributed by atoms with van der Waals surface area (Å²) < 4.78 is 11.3. The molecular formula is C48H56N2O6. The Bertz CT molecular complexity index is 2010. The predicted octanol–water partition coefficient (Wildman–Crippen LogP) is 9.34. The maximum Gasteiger partial charge on any atom is 0.322 e. The first-order valence-electron chi connectivity index (χ1n) is 20.3. The summed E-state index contributed by atoms with van der Waals surface area (Å²) in [6.45, 7) is 5.42. The fraction of sp³-hybridized carbons (Fsp3) is 0.417. The number of nitrogens with zero attached hydrogens (tertiary/aromatic N) is 1. The van der Waals surface area contributed by atoms with Crippen LogP contribution in [0.3, 0.4) is 0 Å². The fourth-order valence-electron chi connectivity index (χ4n) is 9.24.